The molecule has 0 saturated heterocycles. The van der Waals surface area contributed by atoms with Gasteiger partial charge in [-0.25, -0.2) is 0 Å². The van der Waals surface area contributed by atoms with Gasteiger partial charge < -0.3 is 14.2 Å². The number of nitrogens with one attached hydrogen (secondary N) is 2. The molecule has 0 unspecified atom stereocenters. The van der Waals surface area contributed by atoms with Gasteiger partial charge in [-0.15, -0.1) is 13.2 Å². The fraction of sp³-hybridized carbons (Fsp3) is 0.176. The van der Waals surface area contributed by atoms with Crippen LogP contribution >= 0.6 is 0 Å². The van der Waals surface area contributed by atoms with Crippen LogP contribution in [0, 0.1) is 0 Å². The highest BCUT2D eigenvalue weighted by molar-refractivity contribution is 5.95. The first-order valence-electron chi connectivity index (χ1n) is 7.66. The van der Waals surface area contributed by atoms with E-state index in [-0.39, 0.29) is 12.2 Å². The average molecular weight is 382 g/mol. The summed E-state index contributed by atoms with van der Waals surface area (Å²) in [6.45, 7) is -0.0395. The third-order valence-corrected chi connectivity index (χ3v) is 3.45. The molecule has 0 radical (unpaired) electrons. The van der Waals surface area contributed by atoms with Gasteiger partial charge >= 0.3 is 6.36 Å². The number of rotatable bonds is 3. The van der Waals surface area contributed by atoms with E-state index in [9.17, 15) is 22.8 Å². The van der Waals surface area contributed by atoms with Crippen LogP contribution in [0.5, 0.6) is 17.2 Å². The van der Waals surface area contributed by atoms with E-state index in [1.807, 2.05) is 0 Å². The Labute approximate surface area is 151 Å². The van der Waals surface area contributed by atoms with Crippen molar-refractivity contribution >= 4 is 11.8 Å². The van der Waals surface area contributed by atoms with Gasteiger partial charge in [-0.2, -0.15) is 0 Å². The van der Waals surface area contributed by atoms with Gasteiger partial charge in [0.2, 0.25) is 6.10 Å². The monoisotopic (exact) mass is 382 g/mol. The maximum atomic E-state index is 12.1. The van der Waals surface area contributed by atoms with Crippen LogP contribution in [-0.2, 0) is 4.79 Å². The highest BCUT2D eigenvalue weighted by Crippen LogP contribution is 2.30. The van der Waals surface area contributed by atoms with E-state index >= 15 is 0 Å². The molecule has 0 aliphatic carbocycles. The summed E-state index contributed by atoms with van der Waals surface area (Å²) in [5, 5.41) is 0. The third-order valence-electron chi connectivity index (χ3n) is 3.45. The fourth-order valence-corrected chi connectivity index (χ4v) is 2.23. The molecule has 1 aliphatic rings. The average Bonchev–Trinajstić information content (AvgIpc) is 2.64. The summed E-state index contributed by atoms with van der Waals surface area (Å²) < 4.78 is 50.9. The Morgan fingerprint density at radius 3 is 2.33 bits per heavy atom. The Morgan fingerprint density at radius 2 is 1.67 bits per heavy atom. The number of alkyl halides is 3. The molecule has 0 fully saturated rings. The lowest BCUT2D eigenvalue weighted by atomic mass is 10.2. The third kappa shape index (κ3) is 4.81. The second kappa shape index (κ2) is 7.44. The smallest absolute Gasteiger partial charge is 0.485 e. The molecule has 2 aromatic carbocycles. The van der Waals surface area contributed by atoms with Crippen LogP contribution in [-0.4, -0.2) is 30.9 Å². The second-order valence-corrected chi connectivity index (χ2v) is 5.38. The standard InChI is InChI=1S/C17H13F3N2O5/c18-17(19,20)27-11-7-5-10(6-8-11)15(23)21-22-16(24)14-9-25-12-3-1-2-4-13(12)26-14/h1-8,14H,9H2,(H,21,23)(H,22,24)/t14-/m0/s1. The van der Waals surface area contributed by atoms with Crippen LogP contribution in [0.3, 0.4) is 0 Å². The van der Waals surface area contributed by atoms with Crippen LogP contribution in [0.25, 0.3) is 0 Å². The molecule has 2 amide bonds. The van der Waals surface area contributed by atoms with Crippen molar-refractivity contribution in [3.63, 3.8) is 0 Å². The molecule has 1 aliphatic heterocycles. The Kier molecular flexibility index (Phi) is 5.06. The van der Waals surface area contributed by atoms with Crippen LogP contribution in [0.2, 0.25) is 0 Å². The number of hydrogen-bond acceptors (Lipinski definition) is 5. The lowest BCUT2D eigenvalue weighted by molar-refractivity contribution is -0.274. The first kappa shape index (κ1) is 18.4. The fourth-order valence-electron chi connectivity index (χ4n) is 2.23. The minimum absolute atomic E-state index is 0.0241. The van der Waals surface area contributed by atoms with Crippen LogP contribution in [0.15, 0.2) is 48.5 Å². The highest BCUT2D eigenvalue weighted by atomic mass is 19.4. The molecule has 1 heterocycles. The molecule has 10 heteroatoms. The summed E-state index contributed by atoms with van der Waals surface area (Å²) in [6.07, 6.45) is -5.79. The largest absolute Gasteiger partial charge is 0.573 e. The minimum atomic E-state index is -4.82. The van der Waals surface area contributed by atoms with Crippen molar-refractivity contribution in [2.75, 3.05) is 6.61 Å². The Morgan fingerprint density at radius 1 is 1.00 bits per heavy atom. The van der Waals surface area contributed by atoms with Gasteiger partial charge in [-0.3, -0.25) is 20.4 Å². The lowest BCUT2D eigenvalue weighted by Gasteiger charge is -2.25. The van der Waals surface area contributed by atoms with Crippen molar-refractivity contribution in [3.8, 4) is 17.2 Å². The predicted molar refractivity (Wildman–Crippen MR) is 85.1 cm³/mol. The van der Waals surface area contributed by atoms with Gasteiger partial charge in [0.1, 0.15) is 12.4 Å². The van der Waals surface area contributed by atoms with Crippen LogP contribution < -0.4 is 25.1 Å². The van der Waals surface area contributed by atoms with Gasteiger partial charge in [0.15, 0.2) is 11.5 Å². The van der Waals surface area contributed by atoms with E-state index in [1.165, 1.54) is 0 Å². The predicted octanol–water partition coefficient (Wildman–Crippen LogP) is 2.19. The Hall–Kier alpha value is -3.43. The molecule has 3 rings (SSSR count). The van der Waals surface area contributed by atoms with Crippen molar-refractivity contribution in [1.82, 2.24) is 10.9 Å². The molecular formula is C17H13F3N2O5. The van der Waals surface area contributed by atoms with E-state index < -0.39 is 30.0 Å². The second-order valence-electron chi connectivity index (χ2n) is 5.38. The maximum absolute atomic E-state index is 12.1. The van der Waals surface area contributed by atoms with Gasteiger partial charge in [-0.1, -0.05) is 12.1 Å². The summed E-state index contributed by atoms with van der Waals surface area (Å²) in [4.78, 5) is 24.0. The molecule has 0 bridgehead atoms. The Bertz CT molecular complexity index is 839. The van der Waals surface area contributed by atoms with Gasteiger partial charge in [0, 0.05) is 5.56 Å². The van der Waals surface area contributed by atoms with E-state index in [4.69, 9.17) is 9.47 Å². The first-order chi connectivity index (χ1) is 12.8. The normalized spacial score (nSPS) is 15.6. The molecule has 142 valence electrons. The lowest BCUT2D eigenvalue weighted by Crippen LogP contribution is -2.50. The van der Waals surface area contributed by atoms with E-state index in [2.05, 4.69) is 15.6 Å². The first-order valence-corrected chi connectivity index (χ1v) is 7.66. The SMILES string of the molecule is O=C(NNC(=O)[C@@H]1COc2ccccc2O1)c1ccc(OC(F)(F)F)cc1. The van der Waals surface area contributed by atoms with E-state index in [1.54, 1.807) is 24.3 Å². The van der Waals surface area contributed by atoms with Crippen molar-refractivity contribution in [3.05, 3.63) is 54.1 Å². The molecule has 7 nitrogen and oxygen atoms in total. The van der Waals surface area contributed by atoms with Crippen molar-refractivity contribution in [1.29, 1.82) is 0 Å². The minimum Gasteiger partial charge on any atom is -0.485 e. The van der Waals surface area contributed by atoms with Gasteiger partial charge in [0.05, 0.1) is 0 Å². The molecule has 0 saturated carbocycles. The zero-order valence-electron chi connectivity index (χ0n) is 13.6. The van der Waals surface area contributed by atoms with Crippen LogP contribution in [0.4, 0.5) is 13.2 Å². The number of carbonyl (C=O) groups is 2. The number of carbonyl (C=O) groups excluding carboxylic acids is 2. The Balaban J connectivity index is 1.52. The van der Waals surface area contributed by atoms with Crippen molar-refractivity contribution < 1.29 is 37.0 Å². The van der Waals surface area contributed by atoms with E-state index in [0.717, 1.165) is 24.3 Å². The zero-order chi connectivity index (χ0) is 19.4. The number of benzene rings is 2. The number of ether oxygens (including phenoxy) is 3. The summed E-state index contributed by atoms with van der Waals surface area (Å²) in [7, 11) is 0. The van der Waals surface area contributed by atoms with E-state index in [0.29, 0.717) is 11.5 Å². The molecular weight excluding hydrogens is 369 g/mol. The van der Waals surface area contributed by atoms with Gasteiger partial charge in [-0.05, 0) is 36.4 Å². The summed E-state index contributed by atoms with van der Waals surface area (Å²) in [5.41, 5.74) is 4.35. The number of hydrogen-bond donors (Lipinski definition) is 2. The molecule has 0 aromatic heterocycles. The van der Waals surface area contributed by atoms with Crippen LogP contribution in [0.1, 0.15) is 10.4 Å². The van der Waals surface area contributed by atoms with Gasteiger partial charge in [0.25, 0.3) is 11.8 Å². The number of hydrazine groups is 1. The number of fused-ring (bicyclic) bond motifs is 1. The summed E-state index contributed by atoms with van der Waals surface area (Å²) in [5.74, 6) is -0.925. The quantitative estimate of drug-likeness (QED) is 0.795. The maximum Gasteiger partial charge on any atom is 0.573 e. The molecule has 0 spiro atoms. The number of halogens is 3. The number of para-hydroxylation sites is 2. The molecule has 2 N–H and O–H groups in total. The summed E-state index contributed by atoms with van der Waals surface area (Å²) in [6, 6.07) is 11.0. The van der Waals surface area contributed by atoms with Crippen molar-refractivity contribution in [2.45, 2.75) is 12.5 Å². The zero-order valence-corrected chi connectivity index (χ0v) is 13.6. The topological polar surface area (TPSA) is 85.9 Å². The van der Waals surface area contributed by atoms with Crippen molar-refractivity contribution in [2.24, 2.45) is 0 Å². The molecule has 27 heavy (non-hydrogen) atoms. The number of amides is 2. The molecule has 2 aromatic rings. The summed E-state index contributed by atoms with van der Waals surface area (Å²) >= 11 is 0. The molecule has 1 atom stereocenters. The highest BCUT2D eigenvalue weighted by Gasteiger charge is 2.31.